The first kappa shape index (κ1) is 15.9. The van der Waals surface area contributed by atoms with Gasteiger partial charge in [-0.2, -0.15) is 0 Å². The lowest BCUT2D eigenvalue weighted by atomic mass is 10.3. The number of amides is 1. The van der Waals surface area contributed by atoms with Crippen LogP contribution in [-0.4, -0.2) is 32.4 Å². The van der Waals surface area contributed by atoms with Crippen molar-refractivity contribution in [2.24, 2.45) is 5.14 Å². The summed E-state index contributed by atoms with van der Waals surface area (Å²) in [6.07, 6.45) is -0.984. The molecule has 1 aromatic rings. The van der Waals surface area contributed by atoms with E-state index in [0.29, 0.717) is 0 Å². The molecule has 0 fully saturated rings. The van der Waals surface area contributed by atoms with Gasteiger partial charge in [0.25, 0.3) is 11.6 Å². The van der Waals surface area contributed by atoms with Gasteiger partial charge in [0, 0.05) is 19.2 Å². The Kier molecular flexibility index (Phi) is 4.63. The minimum Gasteiger partial charge on any atom is -0.479 e. The minimum absolute atomic E-state index is 0.228. The van der Waals surface area contributed by atoms with Gasteiger partial charge < -0.3 is 10.1 Å². The van der Waals surface area contributed by atoms with Crippen molar-refractivity contribution in [3.63, 3.8) is 0 Å². The van der Waals surface area contributed by atoms with Crippen molar-refractivity contribution in [1.82, 2.24) is 5.32 Å². The van der Waals surface area contributed by atoms with E-state index in [4.69, 9.17) is 9.88 Å². The zero-order valence-corrected chi connectivity index (χ0v) is 11.5. The molecule has 1 atom stereocenters. The fourth-order valence-electron chi connectivity index (χ4n) is 1.38. The summed E-state index contributed by atoms with van der Waals surface area (Å²) < 4.78 is 28.0. The van der Waals surface area contributed by atoms with Crippen LogP contribution in [0.5, 0.6) is 5.75 Å². The van der Waals surface area contributed by atoms with Gasteiger partial charge in [-0.05, 0) is 13.0 Å². The number of hydrogen-bond donors (Lipinski definition) is 2. The van der Waals surface area contributed by atoms with Gasteiger partial charge in [0.1, 0.15) is 10.6 Å². The zero-order valence-electron chi connectivity index (χ0n) is 10.7. The molecule has 10 heteroatoms. The van der Waals surface area contributed by atoms with Gasteiger partial charge in [-0.25, -0.2) is 13.6 Å². The topological polar surface area (TPSA) is 142 Å². The molecule has 0 saturated carbocycles. The second-order valence-electron chi connectivity index (χ2n) is 3.81. The maximum absolute atomic E-state index is 11.4. The van der Waals surface area contributed by atoms with Gasteiger partial charge in [-0.15, -0.1) is 0 Å². The average Bonchev–Trinajstić information content (AvgIpc) is 2.36. The highest BCUT2D eigenvalue weighted by Crippen LogP contribution is 2.28. The second kappa shape index (κ2) is 5.84. The first-order valence-electron chi connectivity index (χ1n) is 5.36. The molecule has 1 rings (SSSR count). The van der Waals surface area contributed by atoms with E-state index in [1.54, 1.807) is 0 Å². The number of non-ortho nitro benzene ring substituents is 1. The van der Waals surface area contributed by atoms with Crippen LogP contribution >= 0.6 is 0 Å². The van der Waals surface area contributed by atoms with E-state index in [9.17, 15) is 23.3 Å². The van der Waals surface area contributed by atoms with Crippen LogP contribution in [0.2, 0.25) is 0 Å². The summed E-state index contributed by atoms with van der Waals surface area (Å²) >= 11 is 0. The van der Waals surface area contributed by atoms with E-state index in [2.05, 4.69) is 5.32 Å². The molecule has 20 heavy (non-hydrogen) atoms. The van der Waals surface area contributed by atoms with Gasteiger partial charge in [0.2, 0.25) is 10.0 Å². The van der Waals surface area contributed by atoms with Gasteiger partial charge in [-0.1, -0.05) is 0 Å². The fraction of sp³-hybridized carbons (Fsp3) is 0.300. The number of sulfonamides is 1. The van der Waals surface area contributed by atoms with Crippen molar-refractivity contribution >= 4 is 21.6 Å². The molecular weight excluding hydrogens is 290 g/mol. The van der Waals surface area contributed by atoms with Crippen LogP contribution in [0.3, 0.4) is 0 Å². The normalized spacial score (nSPS) is 12.6. The highest BCUT2D eigenvalue weighted by molar-refractivity contribution is 7.89. The van der Waals surface area contributed by atoms with Crippen molar-refractivity contribution in [2.45, 2.75) is 17.9 Å². The van der Waals surface area contributed by atoms with E-state index < -0.39 is 37.5 Å². The monoisotopic (exact) mass is 303 g/mol. The molecule has 0 saturated heterocycles. The van der Waals surface area contributed by atoms with Gasteiger partial charge in [0.15, 0.2) is 6.10 Å². The standard InChI is InChI=1S/C10H13N3O6S/c1-6(10(14)12-2)19-8-4-3-7(13(15)16)5-9(8)20(11,17)18/h3-6H,1-2H3,(H,12,14)(H2,11,17,18). The number of nitrogens with zero attached hydrogens (tertiary/aromatic N) is 1. The third kappa shape index (κ3) is 3.65. The van der Waals surface area contributed by atoms with Crippen LogP contribution in [0.15, 0.2) is 23.1 Å². The Morgan fingerprint density at radius 1 is 1.50 bits per heavy atom. The minimum atomic E-state index is -4.23. The number of nitrogens with one attached hydrogen (secondary N) is 1. The van der Waals surface area contributed by atoms with Crippen LogP contribution < -0.4 is 15.2 Å². The number of carbonyl (C=O) groups excluding carboxylic acids is 1. The molecule has 0 aliphatic heterocycles. The molecule has 0 aliphatic rings. The molecule has 0 bridgehead atoms. The van der Waals surface area contributed by atoms with Crippen LogP contribution in [0, 0.1) is 10.1 Å². The first-order chi connectivity index (χ1) is 9.16. The molecule has 1 amide bonds. The number of primary sulfonamides is 1. The maximum atomic E-state index is 11.4. The molecule has 9 nitrogen and oxygen atoms in total. The average molecular weight is 303 g/mol. The first-order valence-corrected chi connectivity index (χ1v) is 6.91. The lowest BCUT2D eigenvalue weighted by Crippen LogP contribution is -2.34. The van der Waals surface area contributed by atoms with E-state index in [0.717, 1.165) is 18.2 Å². The molecule has 0 aromatic heterocycles. The zero-order chi connectivity index (χ0) is 15.5. The number of ether oxygens (including phenoxy) is 1. The fourth-order valence-corrected chi connectivity index (χ4v) is 2.06. The molecule has 3 N–H and O–H groups in total. The summed E-state index contributed by atoms with van der Waals surface area (Å²) in [4.78, 5) is 20.6. The molecule has 0 radical (unpaired) electrons. The molecule has 0 spiro atoms. The Hall–Kier alpha value is -2.20. The Labute approximate surface area is 114 Å². The largest absolute Gasteiger partial charge is 0.479 e. The van der Waals surface area contributed by atoms with Crippen LogP contribution in [0.4, 0.5) is 5.69 Å². The third-order valence-electron chi connectivity index (χ3n) is 2.36. The predicted octanol–water partition coefficient (Wildman–Crippen LogP) is -0.245. The van der Waals surface area contributed by atoms with E-state index >= 15 is 0 Å². The summed E-state index contributed by atoms with van der Waals surface area (Å²) in [6.45, 7) is 1.40. The number of benzene rings is 1. The summed E-state index contributed by atoms with van der Waals surface area (Å²) in [5.41, 5.74) is -0.450. The lowest BCUT2D eigenvalue weighted by molar-refractivity contribution is -0.385. The van der Waals surface area contributed by atoms with Crippen LogP contribution in [0.1, 0.15) is 6.92 Å². The number of hydrogen-bond acceptors (Lipinski definition) is 6. The van der Waals surface area contributed by atoms with E-state index in [1.165, 1.54) is 14.0 Å². The smallest absolute Gasteiger partial charge is 0.271 e. The van der Waals surface area contributed by atoms with Crippen molar-refractivity contribution in [2.75, 3.05) is 7.05 Å². The third-order valence-corrected chi connectivity index (χ3v) is 3.30. The van der Waals surface area contributed by atoms with Crippen molar-refractivity contribution in [3.8, 4) is 5.75 Å². The molecule has 0 aliphatic carbocycles. The number of rotatable bonds is 5. The summed E-state index contributed by atoms with van der Waals surface area (Å²) in [7, 11) is -2.84. The molecule has 110 valence electrons. The number of nitro groups is 1. The Bertz CT molecular complexity index is 642. The molecule has 0 heterocycles. The number of carbonyl (C=O) groups is 1. The summed E-state index contributed by atoms with van der Waals surface area (Å²) in [5, 5.41) is 17.9. The molecular formula is C10H13N3O6S. The summed E-state index contributed by atoms with van der Waals surface area (Å²) in [6, 6.07) is 2.92. The second-order valence-corrected chi connectivity index (χ2v) is 5.34. The molecule has 1 aromatic carbocycles. The predicted molar refractivity (Wildman–Crippen MR) is 68.6 cm³/mol. The Morgan fingerprint density at radius 2 is 2.10 bits per heavy atom. The van der Waals surface area contributed by atoms with Crippen molar-refractivity contribution < 1.29 is 22.9 Å². The number of nitro benzene ring substituents is 1. The summed E-state index contributed by atoms with van der Waals surface area (Å²) in [5.74, 6) is -0.710. The Balaban J connectivity index is 3.26. The van der Waals surface area contributed by atoms with Crippen LogP contribution in [0.25, 0.3) is 0 Å². The highest BCUT2D eigenvalue weighted by Gasteiger charge is 2.23. The van der Waals surface area contributed by atoms with Gasteiger partial charge >= 0.3 is 0 Å². The van der Waals surface area contributed by atoms with Gasteiger partial charge in [0.05, 0.1) is 4.92 Å². The van der Waals surface area contributed by atoms with E-state index in [1.807, 2.05) is 0 Å². The van der Waals surface area contributed by atoms with Crippen LogP contribution in [-0.2, 0) is 14.8 Å². The van der Waals surface area contributed by atoms with E-state index in [-0.39, 0.29) is 5.75 Å². The molecule has 1 unspecified atom stereocenters. The highest BCUT2D eigenvalue weighted by atomic mass is 32.2. The SMILES string of the molecule is CNC(=O)C(C)Oc1ccc([N+](=O)[O-])cc1S(N)(=O)=O. The Morgan fingerprint density at radius 3 is 2.55 bits per heavy atom. The van der Waals surface area contributed by atoms with Crippen molar-refractivity contribution in [1.29, 1.82) is 0 Å². The maximum Gasteiger partial charge on any atom is 0.271 e. The van der Waals surface area contributed by atoms with Gasteiger partial charge in [-0.3, -0.25) is 14.9 Å². The van der Waals surface area contributed by atoms with Crippen molar-refractivity contribution in [3.05, 3.63) is 28.3 Å². The number of likely N-dealkylation sites (N-methyl/N-ethyl adjacent to an activating group) is 1. The quantitative estimate of drug-likeness (QED) is 0.567. The lowest BCUT2D eigenvalue weighted by Gasteiger charge is -2.15. The number of nitrogens with two attached hydrogens (primary N) is 1.